The Hall–Kier alpha value is -3.33. The molecule has 24 heavy (non-hydrogen) atoms. The van der Waals surface area contributed by atoms with E-state index in [0.717, 1.165) is 5.56 Å². The fourth-order valence-electron chi connectivity index (χ4n) is 2.41. The van der Waals surface area contributed by atoms with Gasteiger partial charge in [-0.15, -0.1) is 0 Å². The van der Waals surface area contributed by atoms with E-state index in [1.54, 1.807) is 31.4 Å². The number of hydrogen-bond donors (Lipinski definition) is 1. The van der Waals surface area contributed by atoms with Crippen molar-refractivity contribution in [3.63, 3.8) is 0 Å². The summed E-state index contributed by atoms with van der Waals surface area (Å²) in [5.74, 6) is 0.404. The first-order chi connectivity index (χ1) is 11.7. The van der Waals surface area contributed by atoms with Gasteiger partial charge in [-0.25, -0.2) is 0 Å². The van der Waals surface area contributed by atoms with Crippen molar-refractivity contribution in [2.45, 2.75) is 12.5 Å². The zero-order valence-corrected chi connectivity index (χ0v) is 13.0. The fourth-order valence-corrected chi connectivity index (χ4v) is 2.41. The Morgan fingerprint density at radius 2 is 2.04 bits per heavy atom. The van der Waals surface area contributed by atoms with Crippen LogP contribution in [0.3, 0.4) is 0 Å². The van der Waals surface area contributed by atoms with Gasteiger partial charge in [-0.1, -0.05) is 17.3 Å². The maximum atomic E-state index is 12.3. The largest absolute Gasteiger partial charge is 0.496 e. The third-order valence-electron chi connectivity index (χ3n) is 3.66. The average Bonchev–Trinajstić information content (AvgIpc) is 3.12. The van der Waals surface area contributed by atoms with Crippen molar-refractivity contribution in [1.82, 2.24) is 0 Å². The predicted molar refractivity (Wildman–Crippen MR) is 88.8 cm³/mol. The number of oxime groups is 1. The van der Waals surface area contributed by atoms with Crippen LogP contribution in [0.25, 0.3) is 0 Å². The van der Waals surface area contributed by atoms with E-state index in [2.05, 4.69) is 10.5 Å². The van der Waals surface area contributed by atoms with Crippen molar-refractivity contribution >= 4 is 17.3 Å². The number of ether oxygens (including phenoxy) is 1. The average molecular weight is 321 g/mol. The number of nitrogens with zero attached hydrogens (tertiary/aromatic N) is 2. The molecule has 2 aromatic carbocycles. The summed E-state index contributed by atoms with van der Waals surface area (Å²) in [6.45, 7) is 0. The lowest BCUT2D eigenvalue weighted by Crippen LogP contribution is -2.28. The van der Waals surface area contributed by atoms with E-state index in [1.165, 1.54) is 0 Å². The predicted octanol–water partition coefficient (Wildman–Crippen LogP) is 2.70. The molecule has 6 nitrogen and oxygen atoms in total. The molecule has 0 spiro atoms. The molecule has 1 amide bonds. The number of amides is 1. The van der Waals surface area contributed by atoms with Crippen molar-refractivity contribution in [2.75, 3.05) is 12.4 Å². The van der Waals surface area contributed by atoms with Crippen molar-refractivity contribution in [3.05, 3.63) is 59.7 Å². The molecule has 0 fully saturated rings. The molecular weight excluding hydrogens is 306 g/mol. The minimum Gasteiger partial charge on any atom is -0.496 e. The first-order valence-corrected chi connectivity index (χ1v) is 7.38. The highest BCUT2D eigenvalue weighted by atomic mass is 16.6. The molecule has 0 aliphatic carbocycles. The second-order valence-corrected chi connectivity index (χ2v) is 5.21. The number of methoxy groups -OCH3 is 1. The molecule has 1 atom stereocenters. The first kappa shape index (κ1) is 15.6. The van der Waals surface area contributed by atoms with E-state index in [9.17, 15) is 4.79 Å². The number of nitriles is 1. The van der Waals surface area contributed by atoms with E-state index >= 15 is 0 Å². The maximum absolute atomic E-state index is 12.3. The molecule has 0 saturated heterocycles. The van der Waals surface area contributed by atoms with Gasteiger partial charge in [-0.2, -0.15) is 5.26 Å². The van der Waals surface area contributed by atoms with Crippen LogP contribution in [0.1, 0.15) is 17.5 Å². The van der Waals surface area contributed by atoms with Crippen molar-refractivity contribution in [3.8, 4) is 11.8 Å². The third-order valence-corrected chi connectivity index (χ3v) is 3.66. The fraction of sp³-hybridized carbons (Fsp3) is 0.167. The maximum Gasteiger partial charge on any atom is 0.268 e. The number of carbonyl (C=O) groups excluding carboxylic acids is 1. The van der Waals surface area contributed by atoms with Gasteiger partial charge in [0.1, 0.15) is 5.75 Å². The Bertz CT molecular complexity index is 822. The summed E-state index contributed by atoms with van der Waals surface area (Å²) in [5, 5.41) is 15.6. The van der Waals surface area contributed by atoms with Gasteiger partial charge in [-0.3, -0.25) is 4.79 Å². The smallest absolute Gasteiger partial charge is 0.268 e. The zero-order chi connectivity index (χ0) is 16.9. The van der Waals surface area contributed by atoms with E-state index < -0.39 is 6.10 Å². The number of rotatable bonds is 4. The number of carbonyl (C=O) groups is 1. The molecule has 1 N–H and O–H groups in total. The van der Waals surface area contributed by atoms with Crippen LogP contribution in [0.4, 0.5) is 5.69 Å². The lowest BCUT2D eigenvalue weighted by molar-refractivity contribution is -0.125. The molecule has 1 heterocycles. The topological polar surface area (TPSA) is 83.7 Å². The van der Waals surface area contributed by atoms with Crippen LogP contribution < -0.4 is 10.1 Å². The normalized spacial score (nSPS) is 15.8. The Morgan fingerprint density at radius 3 is 2.75 bits per heavy atom. The summed E-state index contributed by atoms with van der Waals surface area (Å²) in [4.78, 5) is 17.6. The number of hydrogen-bond acceptors (Lipinski definition) is 5. The summed E-state index contributed by atoms with van der Waals surface area (Å²) in [6.07, 6.45) is -0.330. The molecule has 6 heteroatoms. The van der Waals surface area contributed by atoms with Crippen molar-refractivity contribution in [2.24, 2.45) is 5.16 Å². The summed E-state index contributed by atoms with van der Waals surface area (Å²) in [6, 6.07) is 16.1. The Kier molecular flexibility index (Phi) is 4.43. The highest BCUT2D eigenvalue weighted by molar-refractivity contribution is 6.07. The second kappa shape index (κ2) is 6.84. The molecule has 1 aliphatic rings. The van der Waals surface area contributed by atoms with Gasteiger partial charge in [0.15, 0.2) is 0 Å². The van der Waals surface area contributed by atoms with Crippen LogP contribution in [0, 0.1) is 11.3 Å². The van der Waals surface area contributed by atoms with Gasteiger partial charge in [0.2, 0.25) is 6.10 Å². The molecule has 3 rings (SSSR count). The minimum absolute atomic E-state index is 0.284. The molecule has 2 aromatic rings. The molecule has 120 valence electrons. The highest BCUT2D eigenvalue weighted by Gasteiger charge is 2.30. The van der Waals surface area contributed by atoms with E-state index in [1.807, 2.05) is 30.3 Å². The highest BCUT2D eigenvalue weighted by Crippen LogP contribution is 2.25. The number of para-hydroxylation sites is 1. The van der Waals surface area contributed by atoms with Crippen LogP contribution in [-0.2, 0) is 9.63 Å². The monoisotopic (exact) mass is 321 g/mol. The number of benzene rings is 2. The van der Waals surface area contributed by atoms with E-state index in [4.69, 9.17) is 14.8 Å². The van der Waals surface area contributed by atoms with Gasteiger partial charge in [0, 0.05) is 17.7 Å². The lowest BCUT2D eigenvalue weighted by Gasteiger charge is -2.10. The summed E-state index contributed by atoms with van der Waals surface area (Å²) in [7, 11) is 1.59. The molecule has 0 bridgehead atoms. The van der Waals surface area contributed by atoms with Gasteiger partial charge < -0.3 is 14.9 Å². The van der Waals surface area contributed by atoms with Crippen LogP contribution in [0.15, 0.2) is 53.7 Å². The lowest BCUT2D eigenvalue weighted by atomic mass is 10.0. The minimum atomic E-state index is -0.694. The third kappa shape index (κ3) is 3.20. The standard InChI is InChI=1S/C18H15N3O3/c1-23-16-5-3-2-4-14(16)15-10-17(24-21-15)18(22)20-13-8-6-12(11-19)7-9-13/h2-9,17H,10H2,1H3,(H,20,22)/t17-/m1/s1. The Balaban J connectivity index is 1.65. The van der Waals surface area contributed by atoms with Gasteiger partial charge in [0.25, 0.3) is 5.91 Å². The van der Waals surface area contributed by atoms with Gasteiger partial charge >= 0.3 is 0 Å². The van der Waals surface area contributed by atoms with E-state index in [0.29, 0.717) is 29.1 Å². The van der Waals surface area contributed by atoms with Crippen molar-refractivity contribution in [1.29, 1.82) is 5.26 Å². The quantitative estimate of drug-likeness (QED) is 0.938. The Labute approximate surface area is 139 Å². The summed E-state index contributed by atoms with van der Waals surface area (Å²) in [5.41, 5.74) is 2.63. The van der Waals surface area contributed by atoms with Crippen molar-refractivity contribution < 1.29 is 14.4 Å². The van der Waals surface area contributed by atoms with Crippen LogP contribution in [-0.4, -0.2) is 24.8 Å². The van der Waals surface area contributed by atoms with Gasteiger partial charge in [0.05, 0.1) is 24.5 Å². The summed E-state index contributed by atoms with van der Waals surface area (Å²) < 4.78 is 5.31. The molecule has 0 saturated carbocycles. The molecular formula is C18H15N3O3. The van der Waals surface area contributed by atoms with Crippen LogP contribution >= 0.6 is 0 Å². The Morgan fingerprint density at radius 1 is 1.29 bits per heavy atom. The van der Waals surface area contributed by atoms with Crippen LogP contribution in [0.2, 0.25) is 0 Å². The molecule has 0 radical (unpaired) electrons. The number of nitrogens with one attached hydrogen (secondary N) is 1. The van der Waals surface area contributed by atoms with E-state index in [-0.39, 0.29) is 5.91 Å². The molecule has 0 unspecified atom stereocenters. The molecule has 1 aliphatic heterocycles. The van der Waals surface area contributed by atoms with Crippen LogP contribution in [0.5, 0.6) is 5.75 Å². The first-order valence-electron chi connectivity index (χ1n) is 7.38. The number of anilines is 1. The van der Waals surface area contributed by atoms with Gasteiger partial charge in [-0.05, 0) is 36.4 Å². The zero-order valence-electron chi connectivity index (χ0n) is 13.0. The SMILES string of the molecule is COc1ccccc1C1=NO[C@@H](C(=O)Nc2ccc(C#N)cc2)C1. The summed E-state index contributed by atoms with van der Waals surface area (Å²) >= 11 is 0. The second-order valence-electron chi connectivity index (χ2n) is 5.21. The molecule has 0 aromatic heterocycles.